The predicted molar refractivity (Wildman–Crippen MR) is 84.6 cm³/mol. The van der Waals surface area contributed by atoms with Gasteiger partial charge in [-0.3, -0.25) is 4.79 Å². The van der Waals surface area contributed by atoms with Gasteiger partial charge in [0.2, 0.25) is 0 Å². The molecule has 0 atom stereocenters. The summed E-state index contributed by atoms with van der Waals surface area (Å²) < 4.78 is 7.24. The standard InChI is InChI=1S/C16H23N3O2/c1-13(2)21-11-5-8-17-9-10-19-15-7-4-3-6-14(15)18-12-16(19)20/h3-4,6-7,12-13,17H,5,8-11H2,1-2H3. The molecule has 1 heterocycles. The Morgan fingerprint density at radius 3 is 2.90 bits per heavy atom. The summed E-state index contributed by atoms with van der Waals surface area (Å²) in [4.78, 5) is 16.1. The van der Waals surface area contributed by atoms with Crippen LogP contribution in [0.5, 0.6) is 0 Å². The van der Waals surface area contributed by atoms with Crippen LogP contribution in [-0.4, -0.2) is 35.4 Å². The number of para-hydroxylation sites is 2. The topological polar surface area (TPSA) is 56.1 Å². The van der Waals surface area contributed by atoms with Crippen LogP contribution in [0.4, 0.5) is 0 Å². The van der Waals surface area contributed by atoms with E-state index in [4.69, 9.17) is 4.74 Å². The fourth-order valence-corrected chi connectivity index (χ4v) is 2.18. The molecule has 0 bridgehead atoms. The molecule has 0 saturated carbocycles. The zero-order valence-corrected chi connectivity index (χ0v) is 12.7. The van der Waals surface area contributed by atoms with E-state index >= 15 is 0 Å². The van der Waals surface area contributed by atoms with E-state index in [1.54, 1.807) is 4.57 Å². The van der Waals surface area contributed by atoms with Crippen LogP contribution < -0.4 is 10.9 Å². The highest BCUT2D eigenvalue weighted by Crippen LogP contribution is 2.07. The molecule has 1 aromatic heterocycles. The largest absolute Gasteiger partial charge is 0.379 e. The van der Waals surface area contributed by atoms with Crippen molar-refractivity contribution in [1.29, 1.82) is 0 Å². The minimum Gasteiger partial charge on any atom is -0.379 e. The van der Waals surface area contributed by atoms with Crippen LogP contribution in [0.3, 0.4) is 0 Å². The van der Waals surface area contributed by atoms with E-state index in [1.807, 2.05) is 38.1 Å². The van der Waals surface area contributed by atoms with E-state index in [0.717, 1.165) is 37.2 Å². The van der Waals surface area contributed by atoms with Crippen molar-refractivity contribution in [3.05, 3.63) is 40.8 Å². The predicted octanol–water partition coefficient (Wildman–Crippen LogP) is 1.80. The van der Waals surface area contributed by atoms with Crippen LogP contribution >= 0.6 is 0 Å². The first kappa shape index (κ1) is 15.7. The quantitative estimate of drug-likeness (QED) is 0.753. The minimum absolute atomic E-state index is 0.0568. The lowest BCUT2D eigenvalue weighted by atomic mass is 10.3. The molecular formula is C16H23N3O2. The summed E-state index contributed by atoms with van der Waals surface area (Å²) in [7, 11) is 0. The summed E-state index contributed by atoms with van der Waals surface area (Å²) in [6.07, 6.45) is 2.65. The molecular weight excluding hydrogens is 266 g/mol. The maximum absolute atomic E-state index is 11.9. The Balaban J connectivity index is 1.84. The van der Waals surface area contributed by atoms with E-state index in [9.17, 15) is 4.79 Å². The van der Waals surface area contributed by atoms with Gasteiger partial charge in [-0.05, 0) is 38.9 Å². The van der Waals surface area contributed by atoms with Crippen LogP contribution in [0.2, 0.25) is 0 Å². The number of hydrogen-bond acceptors (Lipinski definition) is 4. The van der Waals surface area contributed by atoms with Gasteiger partial charge in [-0.15, -0.1) is 0 Å². The molecule has 0 spiro atoms. The molecule has 5 nitrogen and oxygen atoms in total. The number of benzene rings is 1. The smallest absolute Gasteiger partial charge is 0.269 e. The van der Waals surface area contributed by atoms with E-state index in [2.05, 4.69) is 10.3 Å². The number of fused-ring (bicyclic) bond motifs is 1. The Bertz CT molecular complexity index is 622. The number of rotatable bonds is 8. The molecule has 21 heavy (non-hydrogen) atoms. The maximum Gasteiger partial charge on any atom is 0.269 e. The SMILES string of the molecule is CC(C)OCCCNCCn1c(=O)cnc2ccccc21. The third-order valence-electron chi connectivity index (χ3n) is 3.21. The molecule has 0 radical (unpaired) electrons. The fraction of sp³-hybridized carbons (Fsp3) is 0.500. The molecule has 1 N–H and O–H groups in total. The van der Waals surface area contributed by atoms with E-state index in [1.165, 1.54) is 6.20 Å². The molecule has 2 rings (SSSR count). The van der Waals surface area contributed by atoms with Crippen LogP contribution in [-0.2, 0) is 11.3 Å². The van der Waals surface area contributed by atoms with Crippen molar-refractivity contribution in [2.75, 3.05) is 19.7 Å². The molecule has 0 amide bonds. The van der Waals surface area contributed by atoms with Gasteiger partial charge in [-0.25, -0.2) is 4.98 Å². The Morgan fingerprint density at radius 1 is 1.29 bits per heavy atom. The normalized spacial score (nSPS) is 11.4. The van der Waals surface area contributed by atoms with Gasteiger partial charge in [0.1, 0.15) is 0 Å². The number of nitrogens with one attached hydrogen (secondary N) is 1. The van der Waals surface area contributed by atoms with Gasteiger partial charge < -0.3 is 14.6 Å². The van der Waals surface area contributed by atoms with Crippen molar-refractivity contribution in [3.63, 3.8) is 0 Å². The summed E-state index contributed by atoms with van der Waals surface area (Å²) in [6.45, 7) is 7.14. The Hall–Kier alpha value is -1.72. The van der Waals surface area contributed by atoms with Crippen molar-refractivity contribution in [3.8, 4) is 0 Å². The highest BCUT2D eigenvalue weighted by atomic mass is 16.5. The fourth-order valence-electron chi connectivity index (χ4n) is 2.18. The van der Waals surface area contributed by atoms with Gasteiger partial charge in [-0.1, -0.05) is 12.1 Å². The summed E-state index contributed by atoms with van der Waals surface area (Å²) >= 11 is 0. The van der Waals surface area contributed by atoms with E-state index in [0.29, 0.717) is 6.54 Å². The lowest BCUT2D eigenvalue weighted by Crippen LogP contribution is -2.28. The van der Waals surface area contributed by atoms with Crippen LogP contribution in [0, 0.1) is 0 Å². The third-order valence-corrected chi connectivity index (χ3v) is 3.21. The molecule has 2 aromatic rings. The molecule has 0 aliphatic rings. The Labute approximate surface area is 125 Å². The molecule has 114 valence electrons. The maximum atomic E-state index is 11.9. The lowest BCUT2D eigenvalue weighted by Gasteiger charge is -2.11. The number of nitrogens with zero attached hydrogens (tertiary/aromatic N) is 2. The molecule has 1 aromatic carbocycles. The van der Waals surface area contributed by atoms with E-state index < -0.39 is 0 Å². The minimum atomic E-state index is -0.0568. The first-order valence-electron chi connectivity index (χ1n) is 7.45. The summed E-state index contributed by atoms with van der Waals surface area (Å²) in [5.74, 6) is 0. The van der Waals surface area contributed by atoms with Gasteiger partial charge in [-0.2, -0.15) is 0 Å². The molecule has 0 saturated heterocycles. The Kier molecular flexibility index (Phi) is 5.90. The van der Waals surface area contributed by atoms with Gasteiger partial charge in [0.25, 0.3) is 5.56 Å². The lowest BCUT2D eigenvalue weighted by molar-refractivity contribution is 0.0771. The summed E-state index contributed by atoms with van der Waals surface area (Å²) in [6, 6.07) is 7.70. The second-order valence-electron chi connectivity index (χ2n) is 5.26. The second kappa shape index (κ2) is 7.90. The van der Waals surface area contributed by atoms with Gasteiger partial charge >= 0.3 is 0 Å². The monoisotopic (exact) mass is 289 g/mol. The van der Waals surface area contributed by atoms with E-state index in [-0.39, 0.29) is 11.7 Å². The van der Waals surface area contributed by atoms with Crippen molar-refractivity contribution < 1.29 is 4.74 Å². The average Bonchev–Trinajstić information content (AvgIpc) is 2.48. The summed E-state index contributed by atoms with van der Waals surface area (Å²) in [5.41, 5.74) is 1.68. The highest BCUT2D eigenvalue weighted by molar-refractivity contribution is 5.74. The van der Waals surface area contributed by atoms with Gasteiger partial charge in [0.15, 0.2) is 0 Å². The Morgan fingerprint density at radius 2 is 2.10 bits per heavy atom. The molecule has 0 aliphatic heterocycles. The molecule has 0 unspecified atom stereocenters. The highest BCUT2D eigenvalue weighted by Gasteiger charge is 2.02. The second-order valence-corrected chi connectivity index (χ2v) is 5.26. The zero-order valence-electron chi connectivity index (χ0n) is 12.7. The zero-order chi connectivity index (χ0) is 15.1. The van der Waals surface area contributed by atoms with Crippen molar-refractivity contribution in [2.24, 2.45) is 0 Å². The van der Waals surface area contributed by atoms with Crippen molar-refractivity contribution in [1.82, 2.24) is 14.9 Å². The third kappa shape index (κ3) is 4.65. The molecule has 5 heteroatoms. The first-order chi connectivity index (χ1) is 10.2. The van der Waals surface area contributed by atoms with Crippen molar-refractivity contribution in [2.45, 2.75) is 32.9 Å². The van der Waals surface area contributed by atoms with Crippen LogP contribution in [0.15, 0.2) is 35.3 Å². The number of ether oxygens (including phenoxy) is 1. The number of hydrogen-bond donors (Lipinski definition) is 1. The molecule has 0 fully saturated rings. The van der Waals surface area contributed by atoms with Crippen LogP contribution in [0.25, 0.3) is 11.0 Å². The van der Waals surface area contributed by atoms with Gasteiger partial charge in [0, 0.05) is 19.7 Å². The van der Waals surface area contributed by atoms with Crippen molar-refractivity contribution >= 4 is 11.0 Å². The van der Waals surface area contributed by atoms with Gasteiger partial charge in [0.05, 0.1) is 23.3 Å². The summed E-state index contributed by atoms with van der Waals surface area (Å²) in [5, 5.41) is 3.34. The number of aromatic nitrogens is 2. The molecule has 0 aliphatic carbocycles. The van der Waals surface area contributed by atoms with Crippen LogP contribution in [0.1, 0.15) is 20.3 Å². The first-order valence-corrected chi connectivity index (χ1v) is 7.45. The average molecular weight is 289 g/mol.